The van der Waals surface area contributed by atoms with Crippen molar-refractivity contribution in [2.75, 3.05) is 0 Å². The van der Waals surface area contributed by atoms with E-state index < -0.39 is 0 Å². The van der Waals surface area contributed by atoms with Gasteiger partial charge in [-0.15, -0.1) is 10.2 Å². The van der Waals surface area contributed by atoms with Crippen LogP contribution in [-0.4, -0.2) is 19.7 Å². The average Bonchev–Trinajstić information content (AvgIpc) is 3.13. The van der Waals surface area contributed by atoms with Crippen molar-refractivity contribution in [3.63, 3.8) is 0 Å². The zero-order chi connectivity index (χ0) is 19.5. The maximum atomic E-state index is 13.5. The zero-order valence-electron chi connectivity index (χ0n) is 14.4. The Balaban J connectivity index is 1.75. The highest BCUT2D eigenvalue weighted by Crippen LogP contribution is 2.32. The minimum Gasteiger partial charge on any atom is -0.270 e. The van der Waals surface area contributed by atoms with Crippen LogP contribution in [0.1, 0.15) is 5.56 Å². The van der Waals surface area contributed by atoms with Crippen molar-refractivity contribution in [2.24, 2.45) is 0 Å². The van der Waals surface area contributed by atoms with Crippen molar-refractivity contribution in [1.82, 2.24) is 19.7 Å². The largest absolute Gasteiger partial charge is 0.270 e. The molecule has 4 rings (SSSR count). The predicted molar refractivity (Wildman–Crippen MR) is 111 cm³/mol. The molecule has 0 spiro atoms. The van der Waals surface area contributed by atoms with Crippen LogP contribution in [0, 0.1) is 5.82 Å². The van der Waals surface area contributed by atoms with Gasteiger partial charge in [0.05, 0.1) is 15.7 Å². The summed E-state index contributed by atoms with van der Waals surface area (Å²) in [5, 5.41) is 10.2. The van der Waals surface area contributed by atoms with Crippen molar-refractivity contribution >= 4 is 35.0 Å². The molecule has 0 atom stereocenters. The molecule has 140 valence electrons. The van der Waals surface area contributed by atoms with Gasteiger partial charge in [0.2, 0.25) is 0 Å². The summed E-state index contributed by atoms with van der Waals surface area (Å²) in [6, 6.07) is 15.6. The fourth-order valence-corrected chi connectivity index (χ4v) is 3.86. The number of halogens is 3. The number of hydrogen-bond acceptors (Lipinski definition) is 4. The van der Waals surface area contributed by atoms with Gasteiger partial charge < -0.3 is 0 Å². The summed E-state index contributed by atoms with van der Waals surface area (Å²) in [4.78, 5) is 4.16. The molecule has 0 amide bonds. The van der Waals surface area contributed by atoms with E-state index in [0.717, 1.165) is 16.8 Å². The van der Waals surface area contributed by atoms with Crippen LogP contribution in [0.15, 0.2) is 72.1 Å². The summed E-state index contributed by atoms with van der Waals surface area (Å²) in [5.41, 5.74) is 2.45. The highest BCUT2D eigenvalue weighted by atomic mass is 35.5. The third-order valence-electron chi connectivity index (χ3n) is 3.97. The summed E-state index contributed by atoms with van der Waals surface area (Å²) in [7, 11) is 0. The Labute approximate surface area is 175 Å². The van der Waals surface area contributed by atoms with Crippen molar-refractivity contribution in [1.29, 1.82) is 0 Å². The van der Waals surface area contributed by atoms with E-state index in [-0.39, 0.29) is 5.82 Å². The summed E-state index contributed by atoms with van der Waals surface area (Å²) in [6.45, 7) is 0. The molecular formula is C20H13Cl2FN4S. The van der Waals surface area contributed by atoms with E-state index in [0.29, 0.717) is 26.8 Å². The molecule has 0 unspecified atom stereocenters. The fourth-order valence-electron chi connectivity index (χ4n) is 2.68. The van der Waals surface area contributed by atoms with E-state index in [9.17, 15) is 4.39 Å². The van der Waals surface area contributed by atoms with E-state index in [2.05, 4.69) is 15.2 Å². The minimum atomic E-state index is -0.264. The van der Waals surface area contributed by atoms with Gasteiger partial charge in [-0.25, -0.2) is 4.39 Å². The van der Waals surface area contributed by atoms with Crippen LogP contribution >= 0.6 is 35.0 Å². The first kappa shape index (κ1) is 18.9. The van der Waals surface area contributed by atoms with E-state index in [1.807, 2.05) is 28.8 Å². The quantitative estimate of drug-likeness (QED) is 0.360. The summed E-state index contributed by atoms with van der Waals surface area (Å²) in [6.07, 6.45) is 3.42. The highest BCUT2D eigenvalue weighted by molar-refractivity contribution is 7.98. The second-order valence-electron chi connectivity index (χ2n) is 5.90. The molecule has 8 heteroatoms. The molecule has 2 aromatic carbocycles. The van der Waals surface area contributed by atoms with Crippen molar-refractivity contribution in [2.45, 2.75) is 10.9 Å². The van der Waals surface area contributed by atoms with Crippen LogP contribution < -0.4 is 0 Å². The summed E-state index contributed by atoms with van der Waals surface area (Å²) < 4.78 is 15.4. The molecule has 0 saturated heterocycles. The third kappa shape index (κ3) is 4.04. The van der Waals surface area contributed by atoms with Crippen LogP contribution in [-0.2, 0) is 5.75 Å². The Kier molecular flexibility index (Phi) is 5.62. The van der Waals surface area contributed by atoms with Crippen LogP contribution in [0.25, 0.3) is 17.1 Å². The molecule has 0 saturated carbocycles. The number of rotatable bonds is 5. The van der Waals surface area contributed by atoms with Gasteiger partial charge in [-0.2, -0.15) is 0 Å². The minimum absolute atomic E-state index is 0.264. The van der Waals surface area contributed by atoms with E-state index in [1.165, 1.54) is 23.9 Å². The number of aromatic nitrogens is 4. The first-order chi connectivity index (χ1) is 13.6. The molecule has 0 aliphatic heterocycles. The number of pyridine rings is 1. The normalized spacial score (nSPS) is 11.0. The Bertz CT molecular complexity index is 1120. The summed E-state index contributed by atoms with van der Waals surface area (Å²) >= 11 is 13.8. The SMILES string of the molecule is Fc1cccc(CSc2nnc(-c3cccnc3)n2-c2ccc(Cl)c(Cl)c2)c1. The fraction of sp³-hybridized carbons (Fsp3) is 0.0500. The number of benzene rings is 2. The Morgan fingerprint density at radius 1 is 0.964 bits per heavy atom. The Morgan fingerprint density at radius 3 is 2.61 bits per heavy atom. The van der Waals surface area contributed by atoms with Gasteiger partial charge in [-0.05, 0) is 48.0 Å². The maximum absolute atomic E-state index is 13.5. The first-order valence-electron chi connectivity index (χ1n) is 8.30. The molecule has 0 N–H and O–H groups in total. The van der Waals surface area contributed by atoms with Gasteiger partial charge in [-0.1, -0.05) is 47.1 Å². The molecular weight excluding hydrogens is 418 g/mol. The van der Waals surface area contributed by atoms with Crippen molar-refractivity contribution < 1.29 is 4.39 Å². The maximum Gasteiger partial charge on any atom is 0.196 e. The molecule has 0 fully saturated rings. The molecule has 4 aromatic rings. The monoisotopic (exact) mass is 430 g/mol. The highest BCUT2D eigenvalue weighted by Gasteiger charge is 2.17. The number of hydrogen-bond donors (Lipinski definition) is 0. The van der Waals surface area contributed by atoms with Crippen LogP contribution in [0.4, 0.5) is 4.39 Å². The molecule has 4 nitrogen and oxygen atoms in total. The van der Waals surface area contributed by atoms with Gasteiger partial charge in [-0.3, -0.25) is 9.55 Å². The molecule has 0 aliphatic carbocycles. The van der Waals surface area contributed by atoms with Gasteiger partial charge in [0.25, 0.3) is 0 Å². The smallest absolute Gasteiger partial charge is 0.196 e. The zero-order valence-corrected chi connectivity index (χ0v) is 16.7. The second kappa shape index (κ2) is 8.31. The second-order valence-corrected chi connectivity index (χ2v) is 7.66. The van der Waals surface area contributed by atoms with Crippen LogP contribution in [0.3, 0.4) is 0 Å². The number of thioether (sulfide) groups is 1. The van der Waals surface area contributed by atoms with Crippen molar-refractivity contribution in [3.05, 3.63) is 88.4 Å². The molecule has 2 aromatic heterocycles. The third-order valence-corrected chi connectivity index (χ3v) is 5.71. The Hall–Kier alpha value is -2.41. The van der Waals surface area contributed by atoms with Gasteiger partial charge in [0.1, 0.15) is 5.82 Å². The lowest BCUT2D eigenvalue weighted by Crippen LogP contribution is -2.00. The van der Waals surface area contributed by atoms with E-state index in [1.54, 1.807) is 30.6 Å². The number of nitrogens with zero attached hydrogens (tertiary/aromatic N) is 4. The lowest BCUT2D eigenvalue weighted by molar-refractivity contribution is 0.626. The lowest BCUT2D eigenvalue weighted by atomic mass is 10.2. The van der Waals surface area contributed by atoms with Crippen LogP contribution in [0.2, 0.25) is 10.0 Å². The van der Waals surface area contributed by atoms with Gasteiger partial charge in [0, 0.05) is 23.7 Å². The molecule has 0 radical (unpaired) electrons. The standard InChI is InChI=1S/C20H13Cl2FN4S/c21-17-7-6-16(10-18(17)22)27-19(14-4-2-8-24-11-14)25-26-20(27)28-12-13-3-1-5-15(23)9-13/h1-11H,12H2. The topological polar surface area (TPSA) is 43.6 Å². The van der Waals surface area contributed by atoms with E-state index >= 15 is 0 Å². The van der Waals surface area contributed by atoms with Crippen LogP contribution in [0.5, 0.6) is 0 Å². The predicted octanol–water partition coefficient (Wildman–Crippen LogP) is 6.07. The Morgan fingerprint density at radius 2 is 1.86 bits per heavy atom. The van der Waals surface area contributed by atoms with Gasteiger partial charge >= 0.3 is 0 Å². The van der Waals surface area contributed by atoms with Crippen molar-refractivity contribution in [3.8, 4) is 17.1 Å². The molecule has 0 aliphatic rings. The average molecular weight is 431 g/mol. The first-order valence-corrected chi connectivity index (χ1v) is 10.0. The summed E-state index contributed by atoms with van der Waals surface area (Å²) in [5.74, 6) is 0.915. The van der Waals surface area contributed by atoms with E-state index in [4.69, 9.17) is 23.2 Å². The van der Waals surface area contributed by atoms with Gasteiger partial charge in [0.15, 0.2) is 11.0 Å². The molecule has 2 heterocycles. The lowest BCUT2D eigenvalue weighted by Gasteiger charge is -2.11. The molecule has 28 heavy (non-hydrogen) atoms. The molecule has 0 bridgehead atoms.